The predicted molar refractivity (Wildman–Crippen MR) is 112 cm³/mol. The van der Waals surface area contributed by atoms with Crippen molar-refractivity contribution < 1.29 is 14.3 Å². The molecule has 0 spiro atoms. The van der Waals surface area contributed by atoms with Crippen LogP contribution in [0.4, 0.5) is 0 Å². The van der Waals surface area contributed by atoms with E-state index in [1.807, 2.05) is 31.2 Å². The summed E-state index contributed by atoms with van der Waals surface area (Å²) in [6, 6.07) is 9.45. The summed E-state index contributed by atoms with van der Waals surface area (Å²) in [6.45, 7) is 8.63. The molecule has 3 rings (SSSR count). The maximum absolute atomic E-state index is 12.8. The summed E-state index contributed by atoms with van der Waals surface area (Å²) in [4.78, 5) is 17.4. The zero-order valence-electron chi connectivity index (χ0n) is 17.9. The normalized spacial score (nSPS) is 11.5. The molecule has 0 radical (unpaired) electrons. The van der Waals surface area contributed by atoms with Crippen LogP contribution in [0.15, 0.2) is 30.3 Å². The molecule has 2 heterocycles. The van der Waals surface area contributed by atoms with Gasteiger partial charge in [-0.15, -0.1) is 0 Å². The number of aryl methyl sites for hydroxylation is 1. The number of aromatic nitrogens is 3. The molecule has 0 saturated carbocycles. The van der Waals surface area contributed by atoms with E-state index < -0.39 is 0 Å². The minimum atomic E-state index is -0.176. The lowest BCUT2D eigenvalue weighted by molar-refractivity contribution is 0.0946. The SMILES string of the molecule is COc1ccc(CCNC(=O)c2cc(C)nc3cc(C(C)(C)C)nn23)cc1OC. The molecule has 7 heteroatoms. The highest BCUT2D eigenvalue weighted by Gasteiger charge is 2.21. The molecule has 1 aromatic carbocycles. The lowest BCUT2D eigenvalue weighted by atomic mass is 9.93. The Morgan fingerprint density at radius 2 is 1.83 bits per heavy atom. The summed E-state index contributed by atoms with van der Waals surface area (Å²) in [5, 5.41) is 7.60. The molecule has 0 atom stereocenters. The molecule has 0 saturated heterocycles. The van der Waals surface area contributed by atoms with Crippen molar-refractivity contribution in [3.05, 3.63) is 53.0 Å². The molecule has 0 fully saturated rings. The van der Waals surface area contributed by atoms with E-state index >= 15 is 0 Å². The van der Waals surface area contributed by atoms with E-state index in [-0.39, 0.29) is 11.3 Å². The van der Waals surface area contributed by atoms with Crippen molar-refractivity contribution in [2.75, 3.05) is 20.8 Å². The molecule has 7 nitrogen and oxygen atoms in total. The molecule has 3 aromatic rings. The van der Waals surface area contributed by atoms with E-state index in [1.54, 1.807) is 24.8 Å². The lowest BCUT2D eigenvalue weighted by Crippen LogP contribution is -2.28. The van der Waals surface area contributed by atoms with Crippen LogP contribution >= 0.6 is 0 Å². The number of nitrogens with zero attached hydrogens (tertiary/aromatic N) is 3. The second kappa shape index (κ2) is 8.11. The first kappa shape index (κ1) is 20.6. The average Bonchev–Trinajstić information content (AvgIpc) is 3.11. The van der Waals surface area contributed by atoms with Crippen molar-refractivity contribution in [2.24, 2.45) is 0 Å². The van der Waals surface area contributed by atoms with Crippen LogP contribution < -0.4 is 14.8 Å². The van der Waals surface area contributed by atoms with Gasteiger partial charge in [-0.2, -0.15) is 5.10 Å². The molecule has 29 heavy (non-hydrogen) atoms. The highest BCUT2D eigenvalue weighted by Crippen LogP contribution is 2.27. The number of carbonyl (C=O) groups excluding carboxylic acids is 1. The van der Waals surface area contributed by atoms with Crippen LogP contribution in [0.3, 0.4) is 0 Å². The third kappa shape index (κ3) is 4.50. The van der Waals surface area contributed by atoms with Crippen molar-refractivity contribution in [3.8, 4) is 11.5 Å². The Hall–Kier alpha value is -3.09. The van der Waals surface area contributed by atoms with Gasteiger partial charge in [0.2, 0.25) is 0 Å². The Kier molecular flexibility index (Phi) is 5.77. The first-order valence-electron chi connectivity index (χ1n) is 9.60. The van der Waals surface area contributed by atoms with Gasteiger partial charge in [-0.05, 0) is 37.1 Å². The van der Waals surface area contributed by atoms with E-state index in [0.29, 0.717) is 35.8 Å². The molecule has 154 valence electrons. The van der Waals surface area contributed by atoms with Gasteiger partial charge in [-0.1, -0.05) is 26.8 Å². The maximum atomic E-state index is 12.8. The topological polar surface area (TPSA) is 77.8 Å². The Labute approximate surface area is 171 Å². The van der Waals surface area contributed by atoms with Crippen LogP contribution in [0.1, 0.15) is 48.2 Å². The molecular weight excluding hydrogens is 368 g/mol. The van der Waals surface area contributed by atoms with E-state index in [2.05, 4.69) is 36.2 Å². The van der Waals surface area contributed by atoms with Crippen molar-refractivity contribution >= 4 is 11.6 Å². The van der Waals surface area contributed by atoms with E-state index in [9.17, 15) is 4.79 Å². The number of benzene rings is 1. The number of fused-ring (bicyclic) bond motifs is 1. The van der Waals surface area contributed by atoms with Gasteiger partial charge in [0.1, 0.15) is 5.69 Å². The molecule has 0 aliphatic heterocycles. The number of carbonyl (C=O) groups is 1. The second-order valence-electron chi connectivity index (χ2n) is 8.03. The summed E-state index contributed by atoms with van der Waals surface area (Å²) >= 11 is 0. The van der Waals surface area contributed by atoms with Crippen molar-refractivity contribution in [1.29, 1.82) is 0 Å². The highest BCUT2D eigenvalue weighted by molar-refractivity contribution is 5.93. The number of hydrogen-bond acceptors (Lipinski definition) is 5. The van der Waals surface area contributed by atoms with Crippen LogP contribution in [-0.4, -0.2) is 41.3 Å². The Bertz CT molecular complexity index is 1030. The maximum Gasteiger partial charge on any atom is 0.270 e. The summed E-state index contributed by atoms with van der Waals surface area (Å²) in [6.07, 6.45) is 0.672. The molecular formula is C22H28N4O3. The Morgan fingerprint density at radius 1 is 1.10 bits per heavy atom. The van der Waals surface area contributed by atoms with Gasteiger partial charge in [0, 0.05) is 23.7 Å². The van der Waals surface area contributed by atoms with Crippen molar-refractivity contribution in [2.45, 2.75) is 39.5 Å². The second-order valence-corrected chi connectivity index (χ2v) is 8.03. The summed E-state index contributed by atoms with van der Waals surface area (Å²) in [5.41, 5.74) is 3.77. The van der Waals surface area contributed by atoms with Crippen molar-refractivity contribution in [3.63, 3.8) is 0 Å². The number of nitrogens with one attached hydrogen (secondary N) is 1. The van der Waals surface area contributed by atoms with Crippen LogP contribution in [0.2, 0.25) is 0 Å². The molecule has 0 bridgehead atoms. The zero-order valence-corrected chi connectivity index (χ0v) is 17.9. The number of rotatable bonds is 6. The molecule has 1 N–H and O–H groups in total. The summed E-state index contributed by atoms with van der Waals surface area (Å²) in [7, 11) is 3.21. The van der Waals surface area contributed by atoms with Gasteiger partial charge in [0.05, 0.1) is 19.9 Å². The van der Waals surface area contributed by atoms with Gasteiger partial charge in [-0.25, -0.2) is 9.50 Å². The molecule has 1 amide bonds. The van der Waals surface area contributed by atoms with E-state index in [1.165, 1.54) is 0 Å². The smallest absolute Gasteiger partial charge is 0.270 e. The first-order chi connectivity index (χ1) is 13.7. The average molecular weight is 396 g/mol. The van der Waals surface area contributed by atoms with Gasteiger partial charge < -0.3 is 14.8 Å². The third-order valence-electron chi connectivity index (χ3n) is 4.70. The lowest BCUT2D eigenvalue weighted by Gasteiger charge is -2.13. The standard InChI is InChI=1S/C22H28N4O3/c1-14-11-16(26-20(24-14)13-19(25-26)22(2,3)4)21(27)23-10-9-15-7-8-17(28-5)18(12-15)29-6/h7-8,11-13H,9-10H2,1-6H3,(H,23,27). The monoisotopic (exact) mass is 396 g/mol. The number of hydrogen-bond donors (Lipinski definition) is 1. The van der Waals surface area contributed by atoms with Gasteiger partial charge >= 0.3 is 0 Å². The predicted octanol–water partition coefficient (Wildman–Crippen LogP) is 3.32. The van der Waals surface area contributed by atoms with Crippen LogP contribution in [0.25, 0.3) is 5.65 Å². The fourth-order valence-corrected chi connectivity index (χ4v) is 3.08. The molecule has 2 aromatic heterocycles. The van der Waals surface area contributed by atoms with Crippen molar-refractivity contribution in [1.82, 2.24) is 19.9 Å². The number of ether oxygens (including phenoxy) is 2. The highest BCUT2D eigenvalue weighted by atomic mass is 16.5. The Balaban J connectivity index is 1.76. The van der Waals surface area contributed by atoms with E-state index in [4.69, 9.17) is 9.47 Å². The zero-order chi connectivity index (χ0) is 21.2. The third-order valence-corrected chi connectivity index (χ3v) is 4.70. The first-order valence-corrected chi connectivity index (χ1v) is 9.60. The molecule has 0 unspecified atom stereocenters. The largest absolute Gasteiger partial charge is 0.493 e. The van der Waals surface area contributed by atoms with Gasteiger partial charge in [0.25, 0.3) is 5.91 Å². The Morgan fingerprint density at radius 3 is 2.48 bits per heavy atom. The fourth-order valence-electron chi connectivity index (χ4n) is 3.08. The number of amides is 1. The molecule has 0 aliphatic rings. The minimum absolute atomic E-state index is 0.122. The van der Waals surface area contributed by atoms with Gasteiger partial charge in [0.15, 0.2) is 17.1 Å². The molecule has 0 aliphatic carbocycles. The number of methoxy groups -OCH3 is 2. The summed E-state index contributed by atoms with van der Waals surface area (Å²) in [5.74, 6) is 1.18. The van der Waals surface area contributed by atoms with Crippen LogP contribution in [0, 0.1) is 6.92 Å². The minimum Gasteiger partial charge on any atom is -0.493 e. The fraction of sp³-hybridized carbons (Fsp3) is 0.409. The van der Waals surface area contributed by atoms with Crippen LogP contribution in [-0.2, 0) is 11.8 Å². The summed E-state index contributed by atoms with van der Waals surface area (Å²) < 4.78 is 12.2. The van der Waals surface area contributed by atoms with E-state index in [0.717, 1.165) is 17.0 Å². The van der Waals surface area contributed by atoms with Crippen LogP contribution in [0.5, 0.6) is 11.5 Å². The van der Waals surface area contributed by atoms with Gasteiger partial charge in [-0.3, -0.25) is 4.79 Å². The quantitative estimate of drug-likeness (QED) is 0.692.